The fourth-order valence-corrected chi connectivity index (χ4v) is 3.47. The topological polar surface area (TPSA) is 35.5 Å². The van der Waals surface area contributed by atoms with E-state index in [1.54, 1.807) is 0 Å². The van der Waals surface area contributed by atoms with Crippen LogP contribution in [0.25, 0.3) is 0 Å². The zero-order chi connectivity index (χ0) is 14.5. The average molecular weight is 270 g/mol. The summed E-state index contributed by atoms with van der Waals surface area (Å²) in [6, 6.07) is 0.534. The molecule has 0 aromatic rings. The minimum atomic E-state index is -0.140. The van der Waals surface area contributed by atoms with E-state index >= 15 is 0 Å². The molecule has 0 spiro atoms. The van der Waals surface area contributed by atoms with Crippen molar-refractivity contribution in [1.82, 2.24) is 10.2 Å². The Balaban J connectivity index is 2.53. The van der Waals surface area contributed by atoms with Crippen LogP contribution in [0.5, 0.6) is 0 Å². The normalized spacial score (nSPS) is 30.0. The Kier molecular flexibility index (Phi) is 6.78. The van der Waals surface area contributed by atoms with Gasteiger partial charge in [-0.2, -0.15) is 0 Å². The van der Waals surface area contributed by atoms with Crippen molar-refractivity contribution in [1.29, 1.82) is 0 Å². The molecule has 0 aromatic heterocycles. The lowest BCUT2D eigenvalue weighted by Gasteiger charge is -2.42. The molecule has 1 heterocycles. The number of rotatable bonds is 7. The van der Waals surface area contributed by atoms with E-state index in [4.69, 9.17) is 0 Å². The first-order valence-corrected chi connectivity index (χ1v) is 8.00. The van der Waals surface area contributed by atoms with Crippen LogP contribution in [0.1, 0.15) is 53.9 Å². The lowest BCUT2D eigenvalue weighted by Crippen LogP contribution is -2.52. The second-order valence-corrected chi connectivity index (χ2v) is 7.10. The minimum Gasteiger partial charge on any atom is -0.394 e. The number of aliphatic hydroxyl groups is 1. The van der Waals surface area contributed by atoms with Crippen molar-refractivity contribution in [3.8, 4) is 0 Å². The van der Waals surface area contributed by atoms with Crippen molar-refractivity contribution in [3.05, 3.63) is 0 Å². The van der Waals surface area contributed by atoms with Gasteiger partial charge in [0.05, 0.1) is 6.61 Å². The summed E-state index contributed by atoms with van der Waals surface area (Å²) >= 11 is 0. The van der Waals surface area contributed by atoms with E-state index in [1.807, 2.05) is 0 Å². The summed E-state index contributed by atoms with van der Waals surface area (Å²) in [5.74, 6) is 1.60. The van der Waals surface area contributed by atoms with E-state index in [9.17, 15) is 5.11 Å². The Bertz CT molecular complexity index is 249. The Hall–Kier alpha value is -0.120. The van der Waals surface area contributed by atoms with E-state index in [-0.39, 0.29) is 12.1 Å². The predicted octanol–water partition coefficient (Wildman–Crippen LogP) is 2.49. The summed E-state index contributed by atoms with van der Waals surface area (Å²) < 4.78 is 0. The molecule has 19 heavy (non-hydrogen) atoms. The molecule has 0 aromatic carbocycles. The summed E-state index contributed by atoms with van der Waals surface area (Å²) in [6.45, 7) is 15.0. The molecule has 4 unspecified atom stereocenters. The fraction of sp³-hybridized carbons (Fsp3) is 1.00. The third-order valence-corrected chi connectivity index (χ3v) is 4.42. The third kappa shape index (κ3) is 5.41. The summed E-state index contributed by atoms with van der Waals surface area (Å²) in [5, 5.41) is 13.2. The van der Waals surface area contributed by atoms with Gasteiger partial charge < -0.3 is 15.3 Å². The molecule has 1 saturated heterocycles. The molecule has 0 aliphatic carbocycles. The van der Waals surface area contributed by atoms with Crippen LogP contribution in [-0.4, -0.2) is 47.8 Å². The van der Waals surface area contributed by atoms with Crippen LogP contribution in [-0.2, 0) is 0 Å². The molecule has 1 fully saturated rings. The van der Waals surface area contributed by atoms with Crippen LogP contribution in [0.15, 0.2) is 0 Å². The molecule has 3 nitrogen and oxygen atoms in total. The first-order chi connectivity index (χ1) is 8.90. The van der Waals surface area contributed by atoms with Gasteiger partial charge >= 0.3 is 0 Å². The van der Waals surface area contributed by atoms with Crippen LogP contribution in [0.4, 0.5) is 0 Å². The standard InChI is InChI=1S/C16H34N2O/c1-6-7-17-16(5,12-19)9-15(4)18-10-13(2)8-14(3)11-18/h13-15,17,19H,6-12H2,1-5H3. The number of hydrogen-bond donors (Lipinski definition) is 2. The van der Waals surface area contributed by atoms with Crippen molar-refractivity contribution in [2.45, 2.75) is 65.5 Å². The third-order valence-electron chi connectivity index (χ3n) is 4.42. The second-order valence-electron chi connectivity index (χ2n) is 7.10. The Labute approximate surface area is 119 Å². The molecule has 0 amide bonds. The number of nitrogens with zero attached hydrogens (tertiary/aromatic N) is 1. The van der Waals surface area contributed by atoms with Gasteiger partial charge in [0.1, 0.15) is 0 Å². The summed E-state index contributed by atoms with van der Waals surface area (Å²) in [5.41, 5.74) is -0.140. The van der Waals surface area contributed by atoms with Crippen LogP contribution in [0, 0.1) is 11.8 Å². The molecule has 0 saturated carbocycles. The van der Waals surface area contributed by atoms with Crippen LogP contribution in [0.2, 0.25) is 0 Å². The number of hydrogen-bond acceptors (Lipinski definition) is 3. The van der Waals surface area contributed by atoms with Gasteiger partial charge in [0.2, 0.25) is 0 Å². The van der Waals surface area contributed by atoms with E-state index in [1.165, 1.54) is 19.5 Å². The number of piperidine rings is 1. The molecule has 1 aliphatic heterocycles. The highest BCUT2D eigenvalue weighted by Gasteiger charge is 2.31. The lowest BCUT2D eigenvalue weighted by atomic mass is 9.88. The average Bonchev–Trinajstić information content (AvgIpc) is 2.35. The van der Waals surface area contributed by atoms with E-state index < -0.39 is 0 Å². The minimum absolute atomic E-state index is 0.140. The number of likely N-dealkylation sites (tertiary alicyclic amines) is 1. The maximum Gasteiger partial charge on any atom is 0.0611 e. The molecule has 114 valence electrons. The van der Waals surface area contributed by atoms with Crippen molar-refractivity contribution in [2.24, 2.45) is 11.8 Å². The molecule has 0 bridgehead atoms. The Morgan fingerprint density at radius 3 is 2.37 bits per heavy atom. The molecular formula is C16H34N2O. The van der Waals surface area contributed by atoms with Crippen LogP contribution < -0.4 is 5.32 Å². The van der Waals surface area contributed by atoms with E-state index in [0.717, 1.165) is 31.2 Å². The van der Waals surface area contributed by atoms with Crippen molar-refractivity contribution < 1.29 is 5.11 Å². The number of nitrogens with one attached hydrogen (secondary N) is 1. The van der Waals surface area contributed by atoms with Gasteiger partial charge in [-0.15, -0.1) is 0 Å². The molecule has 0 radical (unpaired) electrons. The summed E-state index contributed by atoms with van der Waals surface area (Å²) in [6.07, 6.45) is 3.49. The van der Waals surface area contributed by atoms with Gasteiger partial charge in [0.25, 0.3) is 0 Å². The second kappa shape index (κ2) is 7.61. The Morgan fingerprint density at radius 1 is 1.32 bits per heavy atom. The SMILES string of the molecule is CCCNC(C)(CO)CC(C)N1CC(C)CC(C)C1. The van der Waals surface area contributed by atoms with Crippen molar-refractivity contribution >= 4 is 0 Å². The summed E-state index contributed by atoms with van der Waals surface area (Å²) in [7, 11) is 0. The van der Waals surface area contributed by atoms with Crippen molar-refractivity contribution in [2.75, 3.05) is 26.2 Å². The van der Waals surface area contributed by atoms with Crippen molar-refractivity contribution in [3.63, 3.8) is 0 Å². The molecule has 1 rings (SSSR count). The van der Waals surface area contributed by atoms with Gasteiger partial charge in [-0.05, 0) is 51.5 Å². The van der Waals surface area contributed by atoms with Crippen LogP contribution in [0.3, 0.4) is 0 Å². The van der Waals surface area contributed by atoms with E-state index in [0.29, 0.717) is 6.04 Å². The highest BCUT2D eigenvalue weighted by atomic mass is 16.3. The zero-order valence-electron chi connectivity index (χ0n) is 13.6. The first kappa shape index (κ1) is 16.9. The van der Waals surface area contributed by atoms with E-state index in [2.05, 4.69) is 44.8 Å². The molecule has 4 atom stereocenters. The quantitative estimate of drug-likeness (QED) is 0.746. The zero-order valence-corrected chi connectivity index (χ0v) is 13.6. The highest BCUT2D eigenvalue weighted by molar-refractivity contribution is 4.89. The first-order valence-electron chi connectivity index (χ1n) is 8.00. The van der Waals surface area contributed by atoms with Gasteiger partial charge in [-0.1, -0.05) is 20.8 Å². The lowest BCUT2D eigenvalue weighted by molar-refractivity contribution is 0.0684. The number of aliphatic hydroxyl groups excluding tert-OH is 1. The maximum absolute atomic E-state index is 9.68. The van der Waals surface area contributed by atoms with Gasteiger partial charge in [0.15, 0.2) is 0 Å². The smallest absolute Gasteiger partial charge is 0.0611 e. The van der Waals surface area contributed by atoms with Gasteiger partial charge in [-0.25, -0.2) is 0 Å². The molecule has 2 N–H and O–H groups in total. The summed E-state index contributed by atoms with van der Waals surface area (Å²) in [4.78, 5) is 2.61. The highest BCUT2D eigenvalue weighted by Crippen LogP contribution is 2.25. The predicted molar refractivity (Wildman–Crippen MR) is 82.4 cm³/mol. The largest absolute Gasteiger partial charge is 0.394 e. The Morgan fingerprint density at radius 2 is 1.89 bits per heavy atom. The monoisotopic (exact) mass is 270 g/mol. The van der Waals surface area contributed by atoms with Gasteiger partial charge in [-0.3, -0.25) is 0 Å². The fourth-order valence-electron chi connectivity index (χ4n) is 3.47. The molecular weight excluding hydrogens is 236 g/mol. The van der Waals surface area contributed by atoms with Gasteiger partial charge in [0, 0.05) is 24.7 Å². The van der Waals surface area contributed by atoms with Crippen LogP contribution >= 0.6 is 0 Å². The molecule has 3 heteroatoms. The maximum atomic E-state index is 9.68. The molecule has 1 aliphatic rings.